The summed E-state index contributed by atoms with van der Waals surface area (Å²) < 4.78 is 6.37. The molecule has 3 aromatic rings. The summed E-state index contributed by atoms with van der Waals surface area (Å²) in [6.07, 6.45) is 2.65. The highest BCUT2D eigenvalue weighted by Crippen LogP contribution is 2.43. The molecule has 1 fully saturated rings. The van der Waals surface area contributed by atoms with E-state index in [-0.39, 0.29) is 11.5 Å². The highest BCUT2D eigenvalue weighted by atomic mass is 16.5. The van der Waals surface area contributed by atoms with Gasteiger partial charge in [0.05, 0.1) is 18.8 Å². The molecule has 1 amide bonds. The van der Waals surface area contributed by atoms with Crippen molar-refractivity contribution in [2.45, 2.75) is 31.4 Å². The Morgan fingerprint density at radius 2 is 1.83 bits per heavy atom. The lowest BCUT2D eigenvalue weighted by Gasteiger charge is -2.44. The molecule has 0 radical (unpaired) electrons. The van der Waals surface area contributed by atoms with Crippen molar-refractivity contribution in [1.29, 1.82) is 0 Å². The Bertz CT molecular complexity index is 1030. The van der Waals surface area contributed by atoms with E-state index in [4.69, 9.17) is 4.74 Å². The second kappa shape index (κ2) is 7.89. The maximum absolute atomic E-state index is 12.9. The lowest BCUT2D eigenvalue weighted by Crippen LogP contribution is -2.50. The van der Waals surface area contributed by atoms with E-state index in [0.29, 0.717) is 6.54 Å². The normalized spacial score (nSPS) is 18.1. The van der Waals surface area contributed by atoms with Crippen molar-refractivity contribution in [3.63, 3.8) is 0 Å². The van der Waals surface area contributed by atoms with Gasteiger partial charge in [-0.3, -0.25) is 9.69 Å². The summed E-state index contributed by atoms with van der Waals surface area (Å²) in [4.78, 5) is 20.6. The Hall–Kier alpha value is -2.63. The van der Waals surface area contributed by atoms with Gasteiger partial charge in [0.15, 0.2) is 0 Å². The van der Waals surface area contributed by atoms with Crippen LogP contribution >= 0.6 is 0 Å². The molecule has 0 saturated carbocycles. The van der Waals surface area contributed by atoms with Crippen molar-refractivity contribution in [1.82, 2.24) is 14.8 Å². The van der Waals surface area contributed by atoms with Crippen LogP contribution in [-0.4, -0.2) is 54.0 Å². The van der Waals surface area contributed by atoms with Crippen LogP contribution in [0.15, 0.2) is 54.6 Å². The predicted molar refractivity (Wildman–Crippen MR) is 118 cm³/mol. The number of hydrogen-bond acceptors (Lipinski definition) is 3. The first-order valence-corrected chi connectivity index (χ1v) is 10.9. The quantitative estimate of drug-likeness (QED) is 0.723. The number of piperidine rings is 1. The number of H-pyrrole nitrogens is 1. The largest absolute Gasteiger partial charge is 0.368 e. The summed E-state index contributed by atoms with van der Waals surface area (Å²) in [5, 5.41) is 1.32. The minimum Gasteiger partial charge on any atom is -0.368 e. The molecule has 1 spiro atoms. The van der Waals surface area contributed by atoms with Crippen LogP contribution in [0, 0.1) is 0 Å². The zero-order valence-corrected chi connectivity index (χ0v) is 17.6. The Balaban J connectivity index is 1.25. The van der Waals surface area contributed by atoms with E-state index in [2.05, 4.69) is 46.3 Å². The molecule has 1 aromatic heterocycles. The standard InChI is InChI=1S/C25H29N3O2/c1-27(17-19-7-3-2-4-8-19)18-23(29)28-14-12-25(13-15-28)24-21(11-16-30-25)20-9-5-6-10-22(20)26-24/h2-10,26H,11-18H2,1H3. The van der Waals surface area contributed by atoms with Gasteiger partial charge in [0, 0.05) is 30.5 Å². The van der Waals surface area contributed by atoms with Crippen LogP contribution in [0.2, 0.25) is 0 Å². The second-order valence-corrected chi connectivity index (χ2v) is 8.66. The Morgan fingerprint density at radius 1 is 1.10 bits per heavy atom. The van der Waals surface area contributed by atoms with Crippen molar-refractivity contribution in [2.24, 2.45) is 0 Å². The van der Waals surface area contributed by atoms with Crippen LogP contribution in [0.25, 0.3) is 10.9 Å². The number of benzene rings is 2. The third-order valence-corrected chi connectivity index (χ3v) is 6.62. The number of para-hydroxylation sites is 1. The first kappa shape index (κ1) is 19.3. The fourth-order valence-corrected chi connectivity index (χ4v) is 5.06. The Kier molecular flexibility index (Phi) is 5.09. The summed E-state index contributed by atoms with van der Waals surface area (Å²) in [6, 6.07) is 18.8. The molecule has 5 heteroatoms. The average molecular weight is 404 g/mol. The SMILES string of the molecule is CN(CC(=O)N1CCC2(CC1)OCCc1c2[nH]c2ccccc12)Cc1ccccc1. The van der Waals surface area contributed by atoms with Gasteiger partial charge in [0.2, 0.25) is 5.91 Å². The number of rotatable bonds is 4. The lowest BCUT2D eigenvalue weighted by atomic mass is 9.83. The van der Waals surface area contributed by atoms with Gasteiger partial charge in [-0.25, -0.2) is 0 Å². The summed E-state index contributed by atoms with van der Waals surface area (Å²) >= 11 is 0. The van der Waals surface area contributed by atoms with Crippen LogP contribution < -0.4 is 0 Å². The van der Waals surface area contributed by atoms with Crippen molar-refractivity contribution < 1.29 is 9.53 Å². The predicted octanol–water partition coefficient (Wildman–Crippen LogP) is 3.69. The molecule has 5 nitrogen and oxygen atoms in total. The molecule has 2 aliphatic heterocycles. The minimum absolute atomic E-state index is 0.205. The highest BCUT2D eigenvalue weighted by molar-refractivity contribution is 5.85. The number of hydrogen-bond donors (Lipinski definition) is 1. The summed E-state index contributed by atoms with van der Waals surface area (Å²) in [6.45, 7) is 3.47. The maximum Gasteiger partial charge on any atom is 0.236 e. The van der Waals surface area contributed by atoms with Crippen LogP contribution in [0.1, 0.15) is 29.7 Å². The van der Waals surface area contributed by atoms with Gasteiger partial charge in [-0.1, -0.05) is 48.5 Å². The molecule has 1 saturated heterocycles. The third kappa shape index (κ3) is 3.53. The van der Waals surface area contributed by atoms with Gasteiger partial charge in [0.25, 0.3) is 0 Å². The van der Waals surface area contributed by atoms with Crippen molar-refractivity contribution in [3.8, 4) is 0 Å². The summed E-state index contributed by atoms with van der Waals surface area (Å²) in [5.41, 5.74) is 4.78. The van der Waals surface area contributed by atoms with Crippen LogP contribution in [0.3, 0.4) is 0 Å². The Labute approximate surface area is 177 Å². The fourth-order valence-electron chi connectivity index (χ4n) is 5.06. The molecule has 0 atom stereocenters. The van der Waals surface area contributed by atoms with Crippen LogP contribution in [0.4, 0.5) is 0 Å². The van der Waals surface area contributed by atoms with Crippen LogP contribution in [-0.2, 0) is 28.1 Å². The van der Waals surface area contributed by atoms with Crippen molar-refractivity contribution >= 4 is 16.8 Å². The van der Waals surface area contributed by atoms with E-state index in [0.717, 1.165) is 45.5 Å². The molecule has 0 aliphatic carbocycles. The molecule has 30 heavy (non-hydrogen) atoms. The molecule has 156 valence electrons. The minimum atomic E-state index is -0.278. The Morgan fingerprint density at radius 3 is 2.63 bits per heavy atom. The molecule has 3 heterocycles. The smallest absolute Gasteiger partial charge is 0.236 e. The topological polar surface area (TPSA) is 48.6 Å². The lowest BCUT2D eigenvalue weighted by molar-refractivity contribution is -0.142. The molecule has 0 bridgehead atoms. The number of nitrogens with zero attached hydrogens (tertiary/aromatic N) is 2. The number of likely N-dealkylation sites (N-methyl/N-ethyl adjacent to an activating group) is 1. The zero-order chi connectivity index (χ0) is 20.6. The third-order valence-electron chi connectivity index (χ3n) is 6.62. The fraction of sp³-hybridized carbons (Fsp3) is 0.400. The first-order chi connectivity index (χ1) is 14.6. The number of aromatic amines is 1. The number of fused-ring (bicyclic) bond motifs is 4. The van der Waals surface area contributed by atoms with Gasteiger partial charge < -0.3 is 14.6 Å². The summed E-state index contributed by atoms with van der Waals surface area (Å²) in [7, 11) is 2.01. The molecular weight excluding hydrogens is 374 g/mol. The van der Waals surface area contributed by atoms with E-state index in [9.17, 15) is 4.79 Å². The number of aromatic nitrogens is 1. The maximum atomic E-state index is 12.9. The molecule has 0 unspecified atom stereocenters. The van der Waals surface area contributed by atoms with Gasteiger partial charge in [0.1, 0.15) is 5.60 Å². The monoisotopic (exact) mass is 403 g/mol. The van der Waals surface area contributed by atoms with Crippen LogP contribution in [0.5, 0.6) is 0 Å². The number of amides is 1. The van der Waals surface area contributed by atoms with Crippen molar-refractivity contribution in [3.05, 3.63) is 71.4 Å². The van der Waals surface area contributed by atoms with Gasteiger partial charge in [-0.2, -0.15) is 0 Å². The number of carbonyl (C=O) groups excluding carboxylic acids is 1. The number of carbonyl (C=O) groups is 1. The van der Waals surface area contributed by atoms with E-state index in [1.54, 1.807) is 0 Å². The van der Waals surface area contributed by atoms with E-state index < -0.39 is 0 Å². The summed E-state index contributed by atoms with van der Waals surface area (Å²) in [5.74, 6) is 0.205. The second-order valence-electron chi connectivity index (χ2n) is 8.66. The van der Waals surface area contributed by atoms with Gasteiger partial charge >= 0.3 is 0 Å². The van der Waals surface area contributed by atoms with E-state index in [1.165, 1.54) is 27.7 Å². The van der Waals surface area contributed by atoms with E-state index >= 15 is 0 Å². The first-order valence-electron chi connectivity index (χ1n) is 10.9. The molecule has 1 N–H and O–H groups in total. The molecular formula is C25H29N3O2. The average Bonchev–Trinajstić information content (AvgIpc) is 3.15. The van der Waals surface area contributed by atoms with Gasteiger partial charge in [-0.15, -0.1) is 0 Å². The number of nitrogens with one attached hydrogen (secondary N) is 1. The number of likely N-dealkylation sites (tertiary alicyclic amines) is 1. The van der Waals surface area contributed by atoms with E-state index in [1.807, 2.05) is 30.1 Å². The molecule has 2 aromatic carbocycles. The van der Waals surface area contributed by atoms with Gasteiger partial charge in [-0.05, 0) is 43.5 Å². The zero-order valence-electron chi connectivity index (χ0n) is 17.6. The number of ether oxygens (including phenoxy) is 1. The molecule has 5 rings (SSSR count). The van der Waals surface area contributed by atoms with Crippen molar-refractivity contribution in [2.75, 3.05) is 33.3 Å². The molecule has 2 aliphatic rings. The highest BCUT2D eigenvalue weighted by Gasteiger charge is 2.43.